The normalized spacial score (nSPS) is 21.1. The molecule has 0 saturated carbocycles. The molecule has 1 aliphatic rings. The Balaban J connectivity index is 2.11. The van der Waals surface area contributed by atoms with Gasteiger partial charge in [0.2, 0.25) is 0 Å². The maximum Gasteiger partial charge on any atom is 0.332 e. The van der Waals surface area contributed by atoms with Crippen LogP contribution in [0.1, 0.15) is 12.8 Å². The minimum Gasteiger partial charge on any atom is -0.479 e. The van der Waals surface area contributed by atoms with E-state index in [0.29, 0.717) is 29.2 Å². The van der Waals surface area contributed by atoms with Crippen molar-refractivity contribution in [2.45, 2.75) is 25.0 Å². The summed E-state index contributed by atoms with van der Waals surface area (Å²) in [6.07, 6.45) is -0.932. The van der Waals surface area contributed by atoms with Gasteiger partial charge >= 0.3 is 5.97 Å². The fourth-order valence-electron chi connectivity index (χ4n) is 2.30. The van der Waals surface area contributed by atoms with Crippen LogP contribution in [-0.2, 0) is 14.3 Å². The molecule has 114 valence electrons. The maximum absolute atomic E-state index is 12.2. The van der Waals surface area contributed by atoms with E-state index in [1.807, 2.05) is 14.1 Å². The lowest BCUT2D eigenvalue weighted by molar-refractivity contribution is -0.150. The minimum atomic E-state index is -1.04. The van der Waals surface area contributed by atoms with Gasteiger partial charge in [-0.2, -0.15) is 0 Å². The molecule has 2 N–H and O–H groups in total. The average molecular weight is 313 g/mol. The lowest BCUT2D eigenvalue weighted by atomic mass is 10.2. The number of carbonyl (C=O) groups is 2. The summed E-state index contributed by atoms with van der Waals surface area (Å²) in [5.74, 6) is -1.40. The first-order chi connectivity index (χ1) is 9.90. The van der Waals surface area contributed by atoms with Crippen molar-refractivity contribution in [2.75, 3.05) is 24.3 Å². The van der Waals surface area contributed by atoms with Gasteiger partial charge in [-0.15, -0.1) is 0 Å². The maximum atomic E-state index is 12.2. The quantitative estimate of drug-likeness (QED) is 0.888. The van der Waals surface area contributed by atoms with Crippen LogP contribution < -0.4 is 10.2 Å². The van der Waals surface area contributed by atoms with Gasteiger partial charge in [0, 0.05) is 14.1 Å². The second-order valence-electron chi connectivity index (χ2n) is 5.05. The van der Waals surface area contributed by atoms with E-state index in [1.165, 1.54) is 0 Å². The molecule has 6 nitrogen and oxygen atoms in total. The number of hydrogen-bond acceptors (Lipinski definition) is 4. The van der Waals surface area contributed by atoms with E-state index in [0.717, 1.165) is 0 Å². The van der Waals surface area contributed by atoms with Crippen molar-refractivity contribution in [3.63, 3.8) is 0 Å². The first kappa shape index (κ1) is 15.6. The van der Waals surface area contributed by atoms with E-state index in [-0.39, 0.29) is 5.91 Å². The third-order valence-corrected chi connectivity index (χ3v) is 3.58. The highest BCUT2D eigenvalue weighted by molar-refractivity contribution is 6.34. The number of anilines is 2. The molecule has 1 aromatic carbocycles. The number of aliphatic carboxylic acids is 1. The second-order valence-corrected chi connectivity index (χ2v) is 5.46. The fraction of sp³-hybridized carbons (Fsp3) is 0.429. The molecule has 1 aliphatic heterocycles. The highest BCUT2D eigenvalue weighted by Crippen LogP contribution is 2.33. The van der Waals surface area contributed by atoms with Gasteiger partial charge in [0.05, 0.1) is 16.4 Å². The lowest BCUT2D eigenvalue weighted by Crippen LogP contribution is -2.30. The summed E-state index contributed by atoms with van der Waals surface area (Å²) in [6.45, 7) is 0. The van der Waals surface area contributed by atoms with Crippen molar-refractivity contribution in [2.24, 2.45) is 0 Å². The largest absolute Gasteiger partial charge is 0.479 e. The molecule has 1 saturated heterocycles. The van der Waals surface area contributed by atoms with Crippen LogP contribution in [0.4, 0.5) is 11.4 Å². The lowest BCUT2D eigenvalue weighted by Gasteiger charge is -2.20. The fourth-order valence-corrected chi connectivity index (χ4v) is 2.64. The molecule has 2 unspecified atom stereocenters. The van der Waals surface area contributed by atoms with Crippen LogP contribution in [0.15, 0.2) is 18.2 Å². The zero-order chi connectivity index (χ0) is 15.6. The molecule has 1 fully saturated rings. The number of carboxylic acid groups (broad SMARTS) is 1. The Morgan fingerprint density at radius 3 is 2.57 bits per heavy atom. The predicted molar refractivity (Wildman–Crippen MR) is 79.9 cm³/mol. The van der Waals surface area contributed by atoms with Crippen molar-refractivity contribution in [1.82, 2.24) is 0 Å². The summed E-state index contributed by atoms with van der Waals surface area (Å²) in [5.41, 5.74) is 1.26. The average Bonchev–Trinajstić information content (AvgIpc) is 2.88. The summed E-state index contributed by atoms with van der Waals surface area (Å²) in [4.78, 5) is 24.8. The molecule has 1 amide bonds. The number of halogens is 1. The van der Waals surface area contributed by atoms with Crippen LogP contribution in [0.25, 0.3) is 0 Å². The van der Waals surface area contributed by atoms with Crippen LogP contribution in [0.3, 0.4) is 0 Å². The van der Waals surface area contributed by atoms with E-state index >= 15 is 0 Å². The molecule has 0 aliphatic carbocycles. The summed E-state index contributed by atoms with van der Waals surface area (Å²) in [7, 11) is 3.65. The Morgan fingerprint density at radius 1 is 1.33 bits per heavy atom. The summed E-state index contributed by atoms with van der Waals surface area (Å²) in [6, 6.07) is 5.21. The number of rotatable bonds is 4. The molecular formula is C14H17ClN2O4. The summed E-state index contributed by atoms with van der Waals surface area (Å²) >= 11 is 6.13. The number of benzene rings is 1. The van der Waals surface area contributed by atoms with Gasteiger partial charge in [-0.05, 0) is 25.0 Å². The standard InChI is InChI=1S/C14H17ClN2O4/c1-17(2)12-8(15)4-3-5-9(12)16-13(18)10-6-7-11(21-10)14(19)20/h3-5,10-11H,6-7H2,1-2H3,(H,16,18)(H,19,20). The molecule has 2 rings (SSSR count). The Bertz CT molecular complexity index is 562. The Kier molecular flexibility index (Phi) is 4.69. The van der Waals surface area contributed by atoms with E-state index in [1.54, 1.807) is 23.1 Å². The molecule has 0 spiro atoms. The van der Waals surface area contributed by atoms with Crippen molar-refractivity contribution < 1.29 is 19.4 Å². The highest BCUT2D eigenvalue weighted by Gasteiger charge is 2.35. The molecular weight excluding hydrogens is 296 g/mol. The number of para-hydroxylation sites is 1. The van der Waals surface area contributed by atoms with E-state index in [4.69, 9.17) is 21.4 Å². The minimum absolute atomic E-state index is 0.337. The predicted octanol–water partition coefficient (Wildman–Crippen LogP) is 1.98. The third kappa shape index (κ3) is 3.46. The van der Waals surface area contributed by atoms with Gasteiger partial charge in [-0.3, -0.25) is 4.79 Å². The first-order valence-electron chi connectivity index (χ1n) is 6.55. The van der Waals surface area contributed by atoms with Crippen LogP contribution >= 0.6 is 11.6 Å². The Hall–Kier alpha value is -1.79. The third-order valence-electron chi connectivity index (χ3n) is 3.28. The van der Waals surface area contributed by atoms with Gasteiger partial charge in [0.1, 0.15) is 6.10 Å². The molecule has 7 heteroatoms. The molecule has 1 aromatic rings. The number of nitrogens with one attached hydrogen (secondary N) is 1. The number of hydrogen-bond donors (Lipinski definition) is 2. The first-order valence-corrected chi connectivity index (χ1v) is 6.93. The number of carboxylic acids is 1. The van der Waals surface area contributed by atoms with Gasteiger partial charge in [-0.1, -0.05) is 17.7 Å². The zero-order valence-electron chi connectivity index (χ0n) is 11.8. The zero-order valence-corrected chi connectivity index (χ0v) is 12.6. The topological polar surface area (TPSA) is 78.9 Å². The number of nitrogens with zero attached hydrogens (tertiary/aromatic N) is 1. The van der Waals surface area contributed by atoms with Crippen molar-refractivity contribution in [3.8, 4) is 0 Å². The molecule has 21 heavy (non-hydrogen) atoms. The number of ether oxygens (including phenoxy) is 1. The molecule has 0 bridgehead atoms. The summed E-state index contributed by atoms with van der Waals surface area (Å²) < 4.78 is 5.23. The van der Waals surface area contributed by atoms with Gasteiger partial charge in [0.25, 0.3) is 5.91 Å². The van der Waals surface area contributed by atoms with Crippen LogP contribution in [0, 0.1) is 0 Å². The Morgan fingerprint density at radius 2 is 2.00 bits per heavy atom. The van der Waals surface area contributed by atoms with E-state index in [2.05, 4.69) is 5.32 Å². The molecule has 2 atom stereocenters. The smallest absolute Gasteiger partial charge is 0.332 e. The highest BCUT2D eigenvalue weighted by atomic mass is 35.5. The number of carbonyl (C=O) groups excluding carboxylic acids is 1. The van der Waals surface area contributed by atoms with Crippen molar-refractivity contribution >= 4 is 34.9 Å². The summed E-state index contributed by atoms with van der Waals surface area (Å²) in [5, 5.41) is 12.1. The Labute approximate surface area is 127 Å². The van der Waals surface area contributed by atoms with Crippen LogP contribution in [0.2, 0.25) is 5.02 Å². The van der Waals surface area contributed by atoms with Crippen molar-refractivity contribution in [3.05, 3.63) is 23.2 Å². The molecule has 0 aromatic heterocycles. The SMILES string of the molecule is CN(C)c1c(Cl)cccc1NC(=O)C1CCC(C(=O)O)O1. The second kappa shape index (κ2) is 6.32. The monoisotopic (exact) mass is 312 g/mol. The van der Waals surface area contributed by atoms with Gasteiger partial charge in [-0.25, -0.2) is 4.79 Å². The molecule has 0 radical (unpaired) electrons. The van der Waals surface area contributed by atoms with Crippen LogP contribution in [-0.4, -0.2) is 43.3 Å². The van der Waals surface area contributed by atoms with E-state index < -0.39 is 18.2 Å². The van der Waals surface area contributed by atoms with Crippen molar-refractivity contribution in [1.29, 1.82) is 0 Å². The van der Waals surface area contributed by atoms with Gasteiger partial charge in [0.15, 0.2) is 6.10 Å². The van der Waals surface area contributed by atoms with Crippen LogP contribution in [0.5, 0.6) is 0 Å². The van der Waals surface area contributed by atoms with Gasteiger partial charge < -0.3 is 20.1 Å². The number of amides is 1. The van der Waals surface area contributed by atoms with E-state index in [9.17, 15) is 9.59 Å². The molecule has 1 heterocycles.